The quantitative estimate of drug-likeness (QED) is 0.466. The molecule has 2 aromatic rings. The Morgan fingerprint density at radius 1 is 1.20 bits per heavy atom. The maximum atomic E-state index is 12.5. The van der Waals surface area contributed by atoms with Crippen molar-refractivity contribution < 1.29 is 23.9 Å². The van der Waals surface area contributed by atoms with Gasteiger partial charge in [0.2, 0.25) is 0 Å². The molecule has 1 aromatic heterocycles. The number of aryl methyl sites for hydroxylation is 1. The number of carbonyl (C=O) groups is 3. The lowest BCUT2D eigenvalue weighted by molar-refractivity contribution is -0.123. The topological polar surface area (TPSA) is 108 Å². The van der Waals surface area contributed by atoms with Crippen molar-refractivity contribution in [1.82, 2.24) is 0 Å². The first-order valence-electron chi connectivity index (χ1n) is 10.1. The first-order chi connectivity index (χ1) is 14.4. The summed E-state index contributed by atoms with van der Waals surface area (Å²) in [6.07, 6.45) is 3.60. The molecule has 1 heterocycles. The molecule has 0 aliphatic heterocycles. The molecule has 1 aliphatic carbocycles. The van der Waals surface area contributed by atoms with E-state index in [1.165, 1.54) is 18.3 Å². The highest BCUT2D eigenvalue weighted by Gasteiger charge is 2.28. The standard InChI is InChI=1S/C22H26N2O5S/c1-3-4-12-28-15-10-8-14(9-11-15)22(27)29-13(2)20(26)24-21-18(19(23)25)16-6-5-7-17(16)30-21/h8-11,13H,3-7,12H2,1-2H3,(H2,23,25)(H,24,26). The van der Waals surface area contributed by atoms with E-state index in [-0.39, 0.29) is 0 Å². The highest BCUT2D eigenvalue weighted by Crippen LogP contribution is 2.38. The van der Waals surface area contributed by atoms with Crippen molar-refractivity contribution in [3.63, 3.8) is 0 Å². The summed E-state index contributed by atoms with van der Waals surface area (Å²) in [7, 11) is 0. The van der Waals surface area contributed by atoms with E-state index >= 15 is 0 Å². The van der Waals surface area contributed by atoms with E-state index < -0.39 is 23.9 Å². The number of nitrogens with one attached hydrogen (secondary N) is 1. The summed E-state index contributed by atoms with van der Waals surface area (Å²) in [4.78, 5) is 37.8. The number of primary amides is 1. The highest BCUT2D eigenvalue weighted by molar-refractivity contribution is 7.17. The van der Waals surface area contributed by atoms with E-state index in [9.17, 15) is 14.4 Å². The Kier molecular flexibility index (Phi) is 7.10. The largest absolute Gasteiger partial charge is 0.494 e. The first-order valence-corrected chi connectivity index (χ1v) is 10.9. The Morgan fingerprint density at radius 3 is 2.60 bits per heavy atom. The third-order valence-corrected chi connectivity index (χ3v) is 6.12. The van der Waals surface area contributed by atoms with Crippen LogP contribution in [0.1, 0.15) is 64.3 Å². The van der Waals surface area contributed by atoms with Crippen LogP contribution in [0.15, 0.2) is 24.3 Å². The van der Waals surface area contributed by atoms with E-state index in [0.29, 0.717) is 28.5 Å². The molecule has 1 atom stereocenters. The molecule has 30 heavy (non-hydrogen) atoms. The predicted molar refractivity (Wildman–Crippen MR) is 115 cm³/mol. The number of rotatable bonds is 9. The minimum absolute atomic E-state index is 0.324. The molecule has 7 nitrogen and oxygen atoms in total. The van der Waals surface area contributed by atoms with Crippen LogP contribution in [-0.4, -0.2) is 30.5 Å². The molecule has 0 bridgehead atoms. The van der Waals surface area contributed by atoms with Gasteiger partial charge < -0.3 is 20.5 Å². The number of unbranched alkanes of at least 4 members (excludes halogenated alkanes) is 1. The molecule has 3 rings (SSSR count). The molecular formula is C22H26N2O5S. The Bertz CT molecular complexity index is 936. The lowest BCUT2D eigenvalue weighted by Crippen LogP contribution is -2.30. The van der Waals surface area contributed by atoms with Crippen molar-refractivity contribution in [2.75, 3.05) is 11.9 Å². The molecule has 0 radical (unpaired) electrons. The van der Waals surface area contributed by atoms with Gasteiger partial charge in [-0.15, -0.1) is 11.3 Å². The Hall–Kier alpha value is -2.87. The Balaban J connectivity index is 1.59. The number of thiophene rings is 1. The molecule has 1 unspecified atom stereocenters. The van der Waals surface area contributed by atoms with Gasteiger partial charge >= 0.3 is 5.97 Å². The van der Waals surface area contributed by atoms with Gasteiger partial charge in [0, 0.05) is 4.88 Å². The fourth-order valence-electron chi connectivity index (χ4n) is 3.27. The number of esters is 1. The summed E-state index contributed by atoms with van der Waals surface area (Å²) < 4.78 is 10.9. The van der Waals surface area contributed by atoms with Gasteiger partial charge in [-0.3, -0.25) is 9.59 Å². The fourth-order valence-corrected chi connectivity index (χ4v) is 4.57. The van der Waals surface area contributed by atoms with Crippen molar-refractivity contribution in [2.24, 2.45) is 5.73 Å². The fraction of sp³-hybridized carbons (Fsp3) is 0.409. The number of amides is 2. The van der Waals surface area contributed by atoms with Crippen LogP contribution in [0, 0.1) is 0 Å². The lowest BCUT2D eigenvalue weighted by Gasteiger charge is -2.14. The average molecular weight is 431 g/mol. The summed E-state index contributed by atoms with van der Waals surface area (Å²) in [5.74, 6) is -1.00. The van der Waals surface area contributed by atoms with E-state index in [1.54, 1.807) is 24.3 Å². The second-order valence-electron chi connectivity index (χ2n) is 7.19. The maximum absolute atomic E-state index is 12.5. The molecule has 160 valence electrons. The molecule has 0 saturated carbocycles. The van der Waals surface area contributed by atoms with Gasteiger partial charge in [0.1, 0.15) is 10.8 Å². The zero-order valence-electron chi connectivity index (χ0n) is 17.2. The van der Waals surface area contributed by atoms with Crippen LogP contribution in [0.4, 0.5) is 5.00 Å². The van der Waals surface area contributed by atoms with Crippen LogP contribution in [0.3, 0.4) is 0 Å². The average Bonchev–Trinajstić information content (AvgIpc) is 3.29. The number of carbonyl (C=O) groups excluding carboxylic acids is 3. The van der Waals surface area contributed by atoms with Gasteiger partial charge in [0.15, 0.2) is 6.10 Å². The molecule has 1 aliphatic rings. The normalized spacial score (nSPS) is 13.4. The molecule has 2 amide bonds. The van der Waals surface area contributed by atoms with Gasteiger partial charge in [0.05, 0.1) is 17.7 Å². The maximum Gasteiger partial charge on any atom is 0.338 e. The smallest absolute Gasteiger partial charge is 0.338 e. The Morgan fingerprint density at radius 2 is 1.93 bits per heavy atom. The first kappa shape index (κ1) is 21.8. The summed E-state index contributed by atoms with van der Waals surface area (Å²) in [5, 5.41) is 3.12. The van der Waals surface area contributed by atoms with Crippen LogP contribution in [0.5, 0.6) is 5.75 Å². The molecule has 0 saturated heterocycles. The summed E-state index contributed by atoms with van der Waals surface area (Å²) >= 11 is 1.36. The highest BCUT2D eigenvalue weighted by atomic mass is 32.1. The number of benzene rings is 1. The van der Waals surface area contributed by atoms with Crippen LogP contribution in [0.25, 0.3) is 0 Å². The van der Waals surface area contributed by atoms with Crippen LogP contribution >= 0.6 is 11.3 Å². The van der Waals surface area contributed by atoms with Gasteiger partial charge in [-0.2, -0.15) is 0 Å². The van der Waals surface area contributed by atoms with E-state index in [2.05, 4.69) is 12.2 Å². The van der Waals surface area contributed by atoms with Crippen LogP contribution in [-0.2, 0) is 22.4 Å². The molecule has 3 N–H and O–H groups in total. The van der Waals surface area contributed by atoms with E-state index in [4.69, 9.17) is 15.2 Å². The second kappa shape index (κ2) is 9.75. The summed E-state index contributed by atoms with van der Waals surface area (Å²) in [5.41, 5.74) is 7.13. The number of anilines is 1. The van der Waals surface area contributed by atoms with Crippen molar-refractivity contribution in [1.29, 1.82) is 0 Å². The molecule has 8 heteroatoms. The summed E-state index contributed by atoms with van der Waals surface area (Å²) in [6.45, 7) is 4.19. The van der Waals surface area contributed by atoms with Crippen molar-refractivity contribution in [2.45, 2.75) is 52.1 Å². The third kappa shape index (κ3) is 4.99. The number of hydrogen-bond donors (Lipinski definition) is 2. The number of nitrogens with two attached hydrogens (primary N) is 1. The number of fused-ring (bicyclic) bond motifs is 1. The van der Waals surface area contributed by atoms with E-state index in [1.807, 2.05) is 0 Å². The third-order valence-electron chi connectivity index (χ3n) is 4.91. The number of ether oxygens (including phenoxy) is 2. The SMILES string of the molecule is CCCCOc1ccc(C(=O)OC(C)C(=O)Nc2sc3c(c2C(N)=O)CCC3)cc1. The van der Waals surface area contributed by atoms with Gasteiger partial charge in [-0.25, -0.2) is 4.79 Å². The lowest BCUT2D eigenvalue weighted by atomic mass is 10.1. The molecule has 0 spiro atoms. The Labute approximate surface area is 179 Å². The number of hydrogen-bond acceptors (Lipinski definition) is 6. The van der Waals surface area contributed by atoms with Crippen molar-refractivity contribution in [3.8, 4) is 5.75 Å². The predicted octanol–water partition coefficient (Wildman–Crippen LogP) is 3.70. The van der Waals surface area contributed by atoms with Gasteiger partial charge in [-0.1, -0.05) is 13.3 Å². The van der Waals surface area contributed by atoms with Crippen molar-refractivity contribution >= 4 is 34.1 Å². The zero-order valence-corrected chi connectivity index (χ0v) is 18.0. The molecule has 0 fully saturated rings. The molecular weight excluding hydrogens is 404 g/mol. The van der Waals surface area contributed by atoms with Crippen LogP contribution < -0.4 is 15.8 Å². The molecule has 1 aromatic carbocycles. The summed E-state index contributed by atoms with van der Waals surface area (Å²) in [6, 6.07) is 6.60. The monoisotopic (exact) mass is 430 g/mol. The van der Waals surface area contributed by atoms with Crippen molar-refractivity contribution in [3.05, 3.63) is 45.8 Å². The van der Waals surface area contributed by atoms with Gasteiger partial charge in [0.25, 0.3) is 11.8 Å². The second-order valence-corrected chi connectivity index (χ2v) is 8.29. The minimum Gasteiger partial charge on any atom is -0.494 e. The minimum atomic E-state index is -1.03. The van der Waals surface area contributed by atoms with Gasteiger partial charge in [-0.05, 0) is 62.4 Å². The van der Waals surface area contributed by atoms with Crippen LogP contribution in [0.2, 0.25) is 0 Å². The van der Waals surface area contributed by atoms with E-state index in [0.717, 1.165) is 42.5 Å². The zero-order chi connectivity index (χ0) is 21.7.